The van der Waals surface area contributed by atoms with Crippen molar-refractivity contribution in [3.05, 3.63) is 23.8 Å². The van der Waals surface area contributed by atoms with Gasteiger partial charge < -0.3 is 19.9 Å². The van der Waals surface area contributed by atoms with Gasteiger partial charge in [-0.05, 0) is 49.4 Å². The van der Waals surface area contributed by atoms with E-state index in [-0.39, 0.29) is 30.4 Å². The van der Waals surface area contributed by atoms with Crippen LogP contribution in [0, 0.1) is 11.8 Å². The number of ether oxygens (including phenoxy) is 1. The molecule has 0 aromatic heterocycles. The summed E-state index contributed by atoms with van der Waals surface area (Å²) in [5.74, 6) is 0.526. The van der Waals surface area contributed by atoms with Crippen LogP contribution in [0.25, 0.3) is 0 Å². The Bertz CT molecular complexity index is 684. The van der Waals surface area contributed by atoms with Crippen LogP contribution in [0.5, 0.6) is 0 Å². The minimum atomic E-state index is -0.0303. The van der Waals surface area contributed by atoms with Crippen molar-refractivity contribution in [1.29, 1.82) is 0 Å². The van der Waals surface area contributed by atoms with E-state index >= 15 is 0 Å². The number of methoxy groups -OCH3 is 1. The second kappa shape index (κ2) is 9.92. The standard InChI is InChI=1S/C22H35N3O3/c1-15(2)16(3)25(21(26)14-28-6)13-18-12-19(10-11-20(18)24(4)5)23-22(27)17-8-7-9-17/h10-12,15-17H,7-9,13-14H2,1-6H3,(H,23,27)/t16-/m0/s1. The average Bonchev–Trinajstić information content (AvgIpc) is 2.57. The molecule has 0 unspecified atom stereocenters. The van der Waals surface area contributed by atoms with E-state index in [1.165, 1.54) is 7.11 Å². The normalized spacial score (nSPS) is 15.1. The van der Waals surface area contributed by atoms with E-state index in [4.69, 9.17) is 4.74 Å². The fourth-order valence-electron chi connectivity index (χ4n) is 3.35. The number of nitrogens with one attached hydrogen (secondary N) is 1. The summed E-state index contributed by atoms with van der Waals surface area (Å²) < 4.78 is 5.09. The molecule has 1 fully saturated rings. The molecule has 0 radical (unpaired) electrons. The molecule has 2 rings (SSSR count). The molecule has 0 spiro atoms. The third kappa shape index (κ3) is 5.47. The number of benzene rings is 1. The van der Waals surface area contributed by atoms with Gasteiger partial charge in [0.2, 0.25) is 11.8 Å². The van der Waals surface area contributed by atoms with Crippen molar-refractivity contribution in [2.45, 2.75) is 52.6 Å². The molecule has 1 N–H and O–H groups in total. The lowest BCUT2D eigenvalue weighted by Crippen LogP contribution is -2.43. The molecule has 1 saturated carbocycles. The van der Waals surface area contributed by atoms with Gasteiger partial charge in [-0.3, -0.25) is 9.59 Å². The van der Waals surface area contributed by atoms with Crippen LogP contribution >= 0.6 is 0 Å². The Morgan fingerprint density at radius 2 is 1.89 bits per heavy atom. The Morgan fingerprint density at radius 1 is 1.21 bits per heavy atom. The molecule has 0 aliphatic heterocycles. The maximum absolute atomic E-state index is 12.7. The molecule has 28 heavy (non-hydrogen) atoms. The van der Waals surface area contributed by atoms with Crippen LogP contribution in [0.1, 0.15) is 45.6 Å². The van der Waals surface area contributed by atoms with Gasteiger partial charge in [0.1, 0.15) is 6.61 Å². The zero-order chi connectivity index (χ0) is 20.8. The van der Waals surface area contributed by atoms with E-state index in [0.717, 1.165) is 36.2 Å². The molecule has 0 saturated heterocycles. The summed E-state index contributed by atoms with van der Waals surface area (Å²) in [6, 6.07) is 6.00. The van der Waals surface area contributed by atoms with Gasteiger partial charge in [-0.15, -0.1) is 0 Å². The van der Waals surface area contributed by atoms with Crippen molar-refractivity contribution in [2.24, 2.45) is 11.8 Å². The second-order valence-electron chi connectivity index (χ2n) is 8.29. The van der Waals surface area contributed by atoms with Crippen LogP contribution < -0.4 is 10.2 Å². The lowest BCUT2D eigenvalue weighted by Gasteiger charge is -2.33. The van der Waals surface area contributed by atoms with Gasteiger partial charge in [-0.1, -0.05) is 20.3 Å². The highest BCUT2D eigenvalue weighted by Crippen LogP contribution is 2.30. The van der Waals surface area contributed by atoms with Crippen LogP contribution in [0.4, 0.5) is 11.4 Å². The summed E-state index contributed by atoms with van der Waals surface area (Å²) in [7, 11) is 5.51. The zero-order valence-corrected chi connectivity index (χ0v) is 18.1. The minimum absolute atomic E-state index is 0.0303. The van der Waals surface area contributed by atoms with Crippen LogP contribution in [0.15, 0.2) is 18.2 Å². The molecule has 1 aromatic carbocycles. The van der Waals surface area contributed by atoms with Gasteiger partial charge in [0.25, 0.3) is 0 Å². The molecule has 6 heteroatoms. The van der Waals surface area contributed by atoms with Gasteiger partial charge in [0.05, 0.1) is 0 Å². The number of rotatable bonds is 9. The highest BCUT2D eigenvalue weighted by molar-refractivity contribution is 5.93. The average molecular weight is 390 g/mol. The summed E-state index contributed by atoms with van der Waals surface area (Å²) in [5, 5.41) is 3.04. The lowest BCUT2D eigenvalue weighted by atomic mass is 9.85. The summed E-state index contributed by atoms with van der Waals surface area (Å²) >= 11 is 0. The topological polar surface area (TPSA) is 61.9 Å². The molecule has 156 valence electrons. The first kappa shape index (κ1) is 22.2. The third-order valence-electron chi connectivity index (χ3n) is 5.69. The van der Waals surface area contributed by atoms with Crippen LogP contribution in [0.2, 0.25) is 0 Å². The van der Waals surface area contributed by atoms with Crippen LogP contribution in [-0.4, -0.2) is 50.6 Å². The number of anilines is 2. The Balaban J connectivity index is 2.28. The fourth-order valence-corrected chi connectivity index (χ4v) is 3.35. The number of hydrogen-bond acceptors (Lipinski definition) is 4. The van der Waals surface area contributed by atoms with Crippen LogP contribution in [-0.2, 0) is 20.9 Å². The lowest BCUT2D eigenvalue weighted by molar-refractivity contribution is -0.138. The molecule has 2 amide bonds. The van der Waals surface area contributed by atoms with Crippen molar-refractivity contribution < 1.29 is 14.3 Å². The second-order valence-corrected chi connectivity index (χ2v) is 8.29. The maximum Gasteiger partial charge on any atom is 0.249 e. The summed E-state index contributed by atoms with van der Waals surface area (Å²) in [6.45, 7) is 6.82. The van der Waals surface area contributed by atoms with Gasteiger partial charge in [-0.25, -0.2) is 0 Å². The van der Waals surface area contributed by atoms with E-state index in [9.17, 15) is 9.59 Å². The van der Waals surface area contributed by atoms with Crippen molar-refractivity contribution in [2.75, 3.05) is 38.0 Å². The molecule has 1 aliphatic rings. The molecule has 1 aromatic rings. The Kier molecular flexibility index (Phi) is 7.87. The van der Waals surface area contributed by atoms with E-state index < -0.39 is 0 Å². The molecule has 1 atom stereocenters. The summed E-state index contributed by atoms with van der Waals surface area (Å²) in [6.07, 6.45) is 3.08. The first-order valence-electron chi connectivity index (χ1n) is 10.1. The first-order valence-corrected chi connectivity index (χ1v) is 10.1. The Morgan fingerprint density at radius 3 is 2.39 bits per heavy atom. The summed E-state index contributed by atoms with van der Waals surface area (Å²) in [5.41, 5.74) is 2.83. The highest BCUT2D eigenvalue weighted by atomic mass is 16.5. The monoisotopic (exact) mass is 389 g/mol. The number of hydrogen-bond donors (Lipinski definition) is 1. The molecule has 0 bridgehead atoms. The Labute approximate surface area is 169 Å². The molecule has 1 aliphatic carbocycles. The van der Waals surface area contributed by atoms with E-state index in [1.807, 2.05) is 42.1 Å². The van der Waals surface area contributed by atoms with Gasteiger partial charge in [0.15, 0.2) is 0 Å². The quantitative estimate of drug-likeness (QED) is 0.702. The van der Waals surface area contributed by atoms with Crippen LogP contribution in [0.3, 0.4) is 0 Å². The molecular formula is C22H35N3O3. The van der Waals surface area contributed by atoms with Crippen molar-refractivity contribution >= 4 is 23.2 Å². The fraction of sp³-hybridized carbons (Fsp3) is 0.636. The first-order chi connectivity index (χ1) is 13.2. The maximum atomic E-state index is 12.7. The number of carbonyl (C=O) groups excluding carboxylic acids is 2. The highest BCUT2D eigenvalue weighted by Gasteiger charge is 2.26. The zero-order valence-electron chi connectivity index (χ0n) is 18.1. The van der Waals surface area contributed by atoms with Crippen molar-refractivity contribution in [3.8, 4) is 0 Å². The van der Waals surface area contributed by atoms with Gasteiger partial charge >= 0.3 is 0 Å². The van der Waals surface area contributed by atoms with Crippen molar-refractivity contribution in [3.63, 3.8) is 0 Å². The number of nitrogens with zero attached hydrogens (tertiary/aromatic N) is 2. The summed E-state index contributed by atoms with van der Waals surface area (Å²) in [4.78, 5) is 28.9. The predicted octanol–water partition coefficient (Wildman–Crippen LogP) is 3.51. The minimum Gasteiger partial charge on any atom is -0.377 e. The molecular weight excluding hydrogens is 354 g/mol. The number of amides is 2. The Hall–Kier alpha value is -2.08. The van der Waals surface area contributed by atoms with E-state index in [0.29, 0.717) is 12.5 Å². The largest absolute Gasteiger partial charge is 0.377 e. The van der Waals surface area contributed by atoms with Gasteiger partial charge in [-0.2, -0.15) is 0 Å². The van der Waals surface area contributed by atoms with E-state index in [2.05, 4.69) is 26.1 Å². The van der Waals surface area contributed by atoms with E-state index in [1.54, 1.807) is 0 Å². The molecule has 6 nitrogen and oxygen atoms in total. The number of carbonyl (C=O) groups is 2. The van der Waals surface area contributed by atoms with Gasteiger partial charge in [0, 0.05) is 51.1 Å². The SMILES string of the molecule is COCC(=O)N(Cc1cc(NC(=O)C2CCC2)ccc1N(C)C)[C@@H](C)C(C)C. The van der Waals surface area contributed by atoms with Crippen molar-refractivity contribution in [1.82, 2.24) is 4.90 Å². The molecule has 0 heterocycles. The predicted molar refractivity (Wildman–Crippen MR) is 113 cm³/mol. The smallest absolute Gasteiger partial charge is 0.249 e. The third-order valence-corrected chi connectivity index (χ3v) is 5.69.